The normalized spacial score (nSPS) is 33.4. The number of rotatable bonds is 6. The minimum absolute atomic E-state index is 0.0461. The Morgan fingerprint density at radius 3 is 2.35 bits per heavy atom. The lowest BCUT2D eigenvalue weighted by Gasteiger charge is -2.31. The summed E-state index contributed by atoms with van der Waals surface area (Å²) in [6, 6.07) is 0. The Labute approximate surface area is 106 Å². The second-order valence-electron chi connectivity index (χ2n) is 6.33. The van der Waals surface area contributed by atoms with Crippen LogP contribution in [0.5, 0.6) is 0 Å². The molecular formula is C14H29NO2. The van der Waals surface area contributed by atoms with E-state index in [1.54, 1.807) is 0 Å². The zero-order chi connectivity index (χ0) is 12.9. The first-order chi connectivity index (χ1) is 7.93. The smallest absolute Gasteiger partial charge is 0.0608 e. The van der Waals surface area contributed by atoms with Crippen LogP contribution < -0.4 is 5.73 Å². The van der Waals surface area contributed by atoms with Crippen molar-refractivity contribution in [1.29, 1.82) is 0 Å². The van der Waals surface area contributed by atoms with Gasteiger partial charge in [0.15, 0.2) is 0 Å². The van der Waals surface area contributed by atoms with Gasteiger partial charge < -0.3 is 15.6 Å². The minimum Gasteiger partial charge on any atom is -0.394 e. The van der Waals surface area contributed by atoms with Gasteiger partial charge in [0.1, 0.15) is 0 Å². The number of aliphatic hydroxyl groups is 1. The Bertz CT molecular complexity index is 208. The van der Waals surface area contributed by atoms with Crippen LogP contribution in [0.15, 0.2) is 0 Å². The third-order valence-corrected chi connectivity index (χ3v) is 3.74. The third-order valence-electron chi connectivity index (χ3n) is 3.74. The molecule has 0 amide bonds. The topological polar surface area (TPSA) is 55.5 Å². The van der Waals surface area contributed by atoms with Gasteiger partial charge >= 0.3 is 0 Å². The van der Waals surface area contributed by atoms with Crippen molar-refractivity contribution < 1.29 is 9.84 Å². The molecule has 1 rings (SSSR count). The highest BCUT2D eigenvalue weighted by molar-refractivity contribution is 4.78. The van der Waals surface area contributed by atoms with Crippen LogP contribution in [-0.4, -0.2) is 30.0 Å². The quantitative estimate of drug-likeness (QED) is 0.704. The highest BCUT2D eigenvalue weighted by Gasteiger charge is 2.24. The van der Waals surface area contributed by atoms with Crippen molar-refractivity contribution in [3.05, 3.63) is 0 Å². The first-order valence-electron chi connectivity index (χ1n) is 6.94. The standard InChI is InChI=1S/C14H29NO2/c1-11-7-12(2)9-13(8-11)17-6-4-5-14(3,15)10-16/h11-13,16H,4-10,15H2,1-3H3. The van der Waals surface area contributed by atoms with Gasteiger partial charge in [-0.1, -0.05) is 13.8 Å². The highest BCUT2D eigenvalue weighted by atomic mass is 16.5. The lowest BCUT2D eigenvalue weighted by atomic mass is 9.82. The van der Waals surface area contributed by atoms with Crippen molar-refractivity contribution in [1.82, 2.24) is 0 Å². The molecule has 0 aliphatic heterocycles. The van der Waals surface area contributed by atoms with E-state index in [1.165, 1.54) is 19.3 Å². The van der Waals surface area contributed by atoms with Crippen molar-refractivity contribution in [2.75, 3.05) is 13.2 Å². The van der Waals surface area contributed by atoms with E-state index in [0.29, 0.717) is 6.10 Å². The monoisotopic (exact) mass is 243 g/mol. The van der Waals surface area contributed by atoms with Crippen LogP contribution in [-0.2, 0) is 4.74 Å². The van der Waals surface area contributed by atoms with Gasteiger partial charge in [-0.15, -0.1) is 0 Å². The Kier molecular flexibility index (Phi) is 5.90. The van der Waals surface area contributed by atoms with E-state index in [2.05, 4.69) is 13.8 Å². The molecule has 0 bridgehead atoms. The third kappa shape index (κ3) is 5.84. The van der Waals surface area contributed by atoms with Crippen LogP contribution in [0, 0.1) is 11.8 Å². The summed E-state index contributed by atoms with van der Waals surface area (Å²) in [6.07, 6.45) is 5.93. The molecule has 0 aromatic carbocycles. The van der Waals surface area contributed by atoms with Crippen LogP contribution in [0.25, 0.3) is 0 Å². The van der Waals surface area contributed by atoms with Crippen molar-refractivity contribution in [3.63, 3.8) is 0 Å². The molecule has 102 valence electrons. The van der Waals surface area contributed by atoms with E-state index in [1.807, 2.05) is 6.92 Å². The van der Waals surface area contributed by atoms with Gasteiger partial charge in [-0.2, -0.15) is 0 Å². The maximum Gasteiger partial charge on any atom is 0.0608 e. The Hall–Kier alpha value is -0.120. The predicted molar refractivity (Wildman–Crippen MR) is 70.8 cm³/mol. The van der Waals surface area contributed by atoms with Crippen LogP contribution in [0.4, 0.5) is 0 Å². The van der Waals surface area contributed by atoms with E-state index in [4.69, 9.17) is 15.6 Å². The molecule has 0 radical (unpaired) electrons. The number of hydrogen-bond acceptors (Lipinski definition) is 3. The van der Waals surface area contributed by atoms with Crippen LogP contribution in [0.3, 0.4) is 0 Å². The van der Waals surface area contributed by atoms with E-state index >= 15 is 0 Å². The summed E-state index contributed by atoms with van der Waals surface area (Å²) in [5.74, 6) is 1.59. The molecule has 0 aromatic rings. The molecule has 0 heterocycles. The van der Waals surface area contributed by atoms with Crippen LogP contribution in [0.2, 0.25) is 0 Å². The number of ether oxygens (including phenoxy) is 1. The summed E-state index contributed by atoms with van der Waals surface area (Å²) < 4.78 is 5.93. The Morgan fingerprint density at radius 1 is 1.24 bits per heavy atom. The van der Waals surface area contributed by atoms with Gasteiger partial charge in [-0.25, -0.2) is 0 Å². The average molecular weight is 243 g/mol. The molecule has 17 heavy (non-hydrogen) atoms. The fourth-order valence-electron chi connectivity index (χ4n) is 2.81. The average Bonchev–Trinajstić information content (AvgIpc) is 2.23. The Morgan fingerprint density at radius 2 is 1.82 bits per heavy atom. The van der Waals surface area contributed by atoms with Gasteiger partial charge in [0.05, 0.1) is 12.7 Å². The van der Waals surface area contributed by atoms with E-state index < -0.39 is 5.54 Å². The van der Waals surface area contributed by atoms with Crippen LogP contribution in [0.1, 0.15) is 52.9 Å². The molecule has 1 fully saturated rings. The summed E-state index contributed by atoms with van der Waals surface area (Å²) >= 11 is 0. The minimum atomic E-state index is -0.448. The summed E-state index contributed by atoms with van der Waals surface area (Å²) in [5.41, 5.74) is 5.43. The lowest BCUT2D eigenvalue weighted by molar-refractivity contribution is -0.00267. The summed E-state index contributed by atoms with van der Waals surface area (Å²) in [6.45, 7) is 7.34. The van der Waals surface area contributed by atoms with Gasteiger partial charge in [0, 0.05) is 12.1 Å². The second-order valence-corrected chi connectivity index (χ2v) is 6.33. The molecule has 3 unspecified atom stereocenters. The zero-order valence-corrected chi connectivity index (χ0v) is 11.6. The maximum atomic E-state index is 9.05. The molecule has 3 N–H and O–H groups in total. The molecule has 3 nitrogen and oxygen atoms in total. The molecular weight excluding hydrogens is 214 g/mol. The molecule has 0 aromatic heterocycles. The molecule has 3 heteroatoms. The number of hydrogen-bond donors (Lipinski definition) is 2. The first-order valence-corrected chi connectivity index (χ1v) is 6.94. The van der Waals surface area contributed by atoms with Gasteiger partial charge in [-0.05, 0) is 50.9 Å². The van der Waals surface area contributed by atoms with Crippen molar-refractivity contribution >= 4 is 0 Å². The van der Waals surface area contributed by atoms with Gasteiger partial charge in [0.25, 0.3) is 0 Å². The fourth-order valence-corrected chi connectivity index (χ4v) is 2.81. The first kappa shape index (κ1) is 14.9. The Balaban J connectivity index is 2.14. The van der Waals surface area contributed by atoms with E-state index in [9.17, 15) is 0 Å². The molecule has 0 spiro atoms. The van der Waals surface area contributed by atoms with Crippen molar-refractivity contribution in [3.8, 4) is 0 Å². The molecule has 0 saturated heterocycles. The van der Waals surface area contributed by atoms with E-state index in [0.717, 1.165) is 31.3 Å². The predicted octanol–water partition coefficient (Wildman–Crippen LogP) is 2.32. The maximum absolute atomic E-state index is 9.05. The van der Waals surface area contributed by atoms with Crippen molar-refractivity contribution in [2.45, 2.75) is 64.5 Å². The summed E-state index contributed by atoms with van der Waals surface area (Å²) in [4.78, 5) is 0. The second kappa shape index (κ2) is 6.72. The number of aliphatic hydroxyl groups excluding tert-OH is 1. The summed E-state index contributed by atoms with van der Waals surface area (Å²) in [7, 11) is 0. The SMILES string of the molecule is CC1CC(C)CC(OCCCC(C)(N)CO)C1. The molecule has 1 saturated carbocycles. The largest absolute Gasteiger partial charge is 0.394 e. The molecule has 1 aliphatic rings. The van der Waals surface area contributed by atoms with Crippen molar-refractivity contribution in [2.24, 2.45) is 17.6 Å². The highest BCUT2D eigenvalue weighted by Crippen LogP contribution is 2.30. The molecule has 3 atom stereocenters. The fraction of sp³-hybridized carbons (Fsp3) is 1.00. The van der Waals surface area contributed by atoms with E-state index in [-0.39, 0.29) is 6.61 Å². The zero-order valence-electron chi connectivity index (χ0n) is 11.6. The summed E-state index contributed by atoms with van der Waals surface area (Å²) in [5, 5.41) is 9.05. The lowest BCUT2D eigenvalue weighted by Crippen LogP contribution is -2.40. The molecule has 1 aliphatic carbocycles. The van der Waals surface area contributed by atoms with Crippen LogP contribution >= 0.6 is 0 Å². The van der Waals surface area contributed by atoms with Gasteiger partial charge in [-0.3, -0.25) is 0 Å². The van der Waals surface area contributed by atoms with Gasteiger partial charge in [0.2, 0.25) is 0 Å². The number of nitrogens with two attached hydrogens (primary N) is 1.